The number of ether oxygens (including phenoxy) is 2. The standard InChI is InChI=1S/C8H21B2O6P/c1-13-5-8(4-10)16-17(11,12)15-6-7(3-9)14-2/h7-8H,3-6,9-10H2,1-2H3,(H,11,12)/t7-,8-/m1/s1. The molecule has 0 bridgehead atoms. The van der Waals surface area contributed by atoms with E-state index in [-0.39, 0.29) is 19.3 Å². The van der Waals surface area contributed by atoms with E-state index in [2.05, 4.69) is 0 Å². The van der Waals surface area contributed by atoms with Gasteiger partial charge in [0.15, 0.2) is 0 Å². The van der Waals surface area contributed by atoms with Crippen LogP contribution < -0.4 is 0 Å². The average molecular weight is 266 g/mol. The zero-order valence-corrected chi connectivity index (χ0v) is 11.8. The van der Waals surface area contributed by atoms with Gasteiger partial charge in [-0.25, -0.2) is 4.57 Å². The quantitative estimate of drug-likeness (QED) is 0.414. The summed E-state index contributed by atoms with van der Waals surface area (Å²) < 4.78 is 31.3. The molecule has 0 heterocycles. The molecule has 0 aliphatic rings. The molecule has 0 fully saturated rings. The van der Waals surface area contributed by atoms with Crippen molar-refractivity contribution in [1.82, 2.24) is 0 Å². The molecule has 3 atom stereocenters. The van der Waals surface area contributed by atoms with Gasteiger partial charge in [-0.15, -0.1) is 0 Å². The molecule has 100 valence electrons. The molecule has 0 saturated heterocycles. The van der Waals surface area contributed by atoms with E-state index in [4.69, 9.17) is 18.5 Å². The number of rotatable bonds is 10. The predicted octanol–water partition coefficient (Wildman–Crippen LogP) is -0.747. The van der Waals surface area contributed by atoms with Crippen molar-refractivity contribution in [1.29, 1.82) is 0 Å². The summed E-state index contributed by atoms with van der Waals surface area (Å²) in [7, 11) is 2.74. The Morgan fingerprint density at radius 1 is 1.18 bits per heavy atom. The Labute approximate surface area is 104 Å². The Morgan fingerprint density at radius 2 is 1.76 bits per heavy atom. The third-order valence-electron chi connectivity index (χ3n) is 2.30. The van der Waals surface area contributed by atoms with Crippen molar-refractivity contribution in [2.45, 2.75) is 24.8 Å². The lowest BCUT2D eigenvalue weighted by Gasteiger charge is -2.20. The van der Waals surface area contributed by atoms with Gasteiger partial charge in [-0.05, 0) is 0 Å². The minimum absolute atomic E-state index is 0.0319. The van der Waals surface area contributed by atoms with Crippen LogP contribution in [0.5, 0.6) is 0 Å². The van der Waals surface area contributed by atoms with Crippen molar-refractivity contribution in [3.05, 3.63) is 0 Å². The molecule has 0 aliphatic heterocycles. The summed E-state index contributed by atoms with van der Waals surface area (Å²) in [4.78, 5) is 9.48. The highest BCUT2D eigenvalue weighted by atomic mass is 31.2. The van der Waals surface area contributed by atoms with Crippen molar-refractivity contribution >= 4 is 23.5 Å². The molecular formula is C8H21B2O6P. The van der Waals surface area contributed by atoms with Gasteiger partial charge in [0.05, 0.1) is 25.4 Å². The fourth-order valence-corrected chi connectivity index (χ4v) is 2.16. The summed E-state index contributed by atoms with van der Waals surface area (Å²) in [5.41, 5.74) is 0. The Morgan fingerprint density at radius 3 is 2.18 bits per heavy atom. The van der Waals surface area contributed by atoms with E-state index in [0.29, 0.717) is 12.6 Å². The first kappa shape index (κ1) is 17.2. The first-order chi connectivity index (χ1) is 7.99. The lowest BCUT2D eigenvalue weighted by Crippen LogP contribution is -2.21. The largest absolute Gasteiger partial charge is 0.472 e. The second-order valence-electron chi connectivity index (χ2n) is 3.62. The van der Waals surface area contributed by atoms with Crippen LogP contribution in [0, 0.1) is 0 Å². The van der Waals surface area contributed by atoms with E-state index in [9.17, 15) is 9.46 Å². The van der Waals surface area contributed by atoms with Crippen LogP contribution >= 0.6 is 7.82 Å². The van der Waals surface area contributed by atoms with Gasteiger partial charge in [0.25, 0.3) is 0 Å². The molecule has 0 aromatic carbocycles. The summed E-state index contributed by atoms with van der Waals surface area (Å²) in [6, 6.07) is 0. The summed E-state index contributed by atoms with van der Waals surface area (Å²) in [6.07, 6.45) is 0.620. The van der Waals surface area contributed by atoms with Gasteiger partial charge in [-0.1, -0.05) is 12.6 Å². The van der Waals surface area contributed by atoms with Gasteiger partial charge >= 0.3 is 7.82 Å². The normalized spacial score (nSPS) is 18.5. The second-order valence-corrected chi connectivity index (χ2v) is 5.03. The van der Waals surface area contributed by atoms with Crippen molar-refractivity contribution < 1.29 is 28.0 Å². The van der Waals surface area contributed by atoms with Crippen LogP contribution in [-0.4, -0.2) is 60.2 Å². The zero-order valence-electron chi connectivity index (χ0n) is 10.9. The number of phosphoric acid groups is 1. The van der Waals surface area contributed by atoms with Gasteiger partial charge in [0.2, 0.25) is 0 Å². The zero-order chi connectivity index (χ0) is 13.3. The van der Waals surface area contributed by atoms with Crippen LogP contribution in [0.1, 0.15) is 0 Å². The number of methoxy groups -OCH3 is 2. The summed E-state index contributed by atoms with van der Waals surface area (Å²) in [5, 5.41) is 0. The monoisotopic (exact) mass is 266 g/mol. The number of hydrogen-bond acceptors (Lipinski definition) is 5. The van der Waals surface area contributed by atoms with E-state index in [1.54, 1.807) is 0 Å². The first-order valence-corrected chi connectivity index (χ1v) is 7.16. The second kappa shape index (κ2) is 9.14. The Balaban J connectivity index is 4.13. The maximum atomic E-state index is 11.6. The summed E-state index contributed by atoms with van der Waals surface area (Å²) in [5.74, 6) is 0. The molecule has 1 N–H and O–H groups in total. The van der Waals surface area contributed by atoms with Crippen LogP contribution in [0.2, 0.25) is 12.6 Å². The molecule has 0 amide bonds. The van der Waals surface area contributed by atoms with Gasteiger partial charge in [-0.2, -0.15) is 0 Å². The molecule has 0 spiro atoms. The van der Waals surface area contributed by atoms with Crippen LogP contribution in [-0.2, 0) is 23.1 Å². The highest BCUT2D eigenvalue weighted by Gasteiger charge is 2.26. The van der Waals surface area contributed by atoms with Gasteiger partial charge in [0, 0.05) is 14.2 Å². The van der Waals surface area contributed by atoms with Gasteiger partial charge in [0.1, 0.15) is 15.7 Å². The van der Waals surface area contributed by atoms with Crippen LogP contribution in [0.25, 0.3) is 0 Å². The van der Waals surface area contributed by atoms with Crippen molar-refractivity contribution in [3.8, 4) is 0 Å². The molecule has 1 unspecified atom stereocenters. The first-order valence-electron chi connectivity index (χ1n) is 5.66. The molecular weight excluding hydrogens is 245 g/mol. The minimum atomic E-state index is -4.04. The fourth-order valence-electron chi connectivity index (χ4n) is 1.16. The van der Waals surface area contributed by atoms with Gasteiger partial charge in [-0.3, -0.25) is 9.05 Å². The average Bonchev–Trinajstić information content (AvgIpc) is 2.29. The molecule has 6 nitrogen and oxygen atoms in total. The van der Waals surface area contributed by atoms with E-state index in [1.165, 1.54) is 14.2 Å². The Kier molecular flexibility index (Phi) is 9.22. The van der Waals surface area contributed by atoms with E-state index in [1.807, 2.05) is 15.7 Å². The minimum Gasteiger partial charge on any atom is -0.382 e. The predicted molar refractivity (Wildman–Crippen MR) is 70.0 cm³/mol. The van der Waals surface area contributed by atoms with Crippen LogP contribution in [0.15, 0.2) is 0 Å². The number of hydrogen-bond donors (Lipinski definition) is 1. The molecule has 0 radical (unpaired) electrons. The van der Waals surface area contributed by atoms with Crippen molar-refractivity contribution in [2.75, 3.05) is 27.4 Å². The van der Waals surface area contributed by atoms with E-state index in [0.717, 1.165) is 0 Å². The Hall–Kier alpha value is 0.160. The molecule has 0 saturated carbocycles. The maximum Gasteiger partial charge on any atom is 0.472 e. The number of phosphoric ester groups is 1. The third kappa shape index (κ3) is 7.97. The summed E-state index contributed by atoms with van der Waals surface area (Å²) in [6.45, 7) is 0.288. The summed E-state index contributed by atoms with van der Waals surface area (Å²) >= 11 is 0. The Bertz CT molecular complexity index is 238. The molecule has 0 aromatic heterocycles. The molecule has 9 heteroatoms. The smallest absolute Gasteiger partial charge is 0.382 e. The SMILES string of the molecule is BC[C@H](COP(=O)(O)O[C@H](CB)COC)OC. The fraction of sp³-hybridized carbons (Fsp3) is 1.00. The highest BCUT2D eigenvalue weighted by Crippen LogP contribution is 2.45. The molecule has 0 rings (SSSR count). The topological polar surface area (TPSA) is 74.2 Å². The van der Waals surface area contributed by atoms with Crippen LogP contribution in [0.3, 0.4) is 0 Å². The van der Waals surface area contributed by atoms with Crippen molar-refractivity contribution in [3.63, 3.8) is 0 Å². The van der Waals surface area contributed by atoms with Gasteiger partial charge < -0.3 is 14.4 Å². The molecule has 0 aromatic rings. The highest BCUT2D eigenvalue weighted by molar-refractivity contribution is 7.47. The molecule has 17 heavy (non-hydrogen) atoms. The lowest BCUT2D eigenvalue weighted by atomic mass is 10.0. The van der Waals surface area contributed by atoms with E-state index < -0.39 is 13.9 Å². The van der Waals surface area contributed by atoms with Crippen LogP contribution in [0.4, 0.5) is 0 Å². The third-order valence-corrected chi connectivity index (χ3v) is 3.34. The lowest BCUT2D eigenvalue weighted by molar-refractivity contribution is 0.0275. The molecule has 0 aliphatic carbocycles. The van der Waals surface area contributed by atoms with E-state index >= 15 is 0 Å². The maximum absolute atomic E-state index is 11.6. The van der Waals surface area contributed by atoms with Crippen molar-refractivity contribution in [2.24, 2.45) is 0 Å².